The Labute approximate surface area is 112 Å². The lowest BCUT2D eigenvalue weighted by Crippen LogP contribution is -2.18. The molecule has 6 heteroatoms. The lowest BCUT2D eigenvalue weighted by Gasteiger charge is -2.15. The van der Waals surface area contributed by atoms with Crippen molar-refractivity contribution in [1.29, 1.82) is 0 Å². The molecule has 2 aromatic heterocycles. The van der Waals surface area contributed by atoms with E-state index in [0.29, 0.717) is 5.41 Å². The number of ether oxygens (including phenoxy) is 1. The summed E-state index contributed by atoms with van der Waals surface area (Å²) in [5.74, 6) is 1.69. The molecule has 102 valence electrons. The summed E-state index contributed by atoms with van der Waals surface area (Å²) in [6.07, 6.45) is 7.29. The Kier molecular flexibility index (Phi) is 3.10. The Morgan fingerprint density at radius 2 is 2.26 bits per heavy atom. The van der Waals surface area contributed by atoms with Crippen LogP contribution in [-0.4, -0.2) is 39.8 Å². The Balaban J connectivity index is 1.72. The van der Waals surface area contributed by atoms with Crippen molar-refractivity contribution in [2.45, 2.75) is 26.2 Å². The fourth-order valence-corrected chi connectivity index (χ4v) is 2.35. The lowest BCUT2D eigenvalue weighted by atomic mass is 10.0. The van der Waals surface area contributed by atoms with Crippen LogP contribution in [0, 0.1) is 12.3 Å². The highest BCUT2D eigenvalue weighted by molar-refractivity contribution is 5.62. The van der Waals surface area contributed by atoms with E-state index in [-0.39, 0.29) is 0 Å². The third-order valence-corrected chi connectivity index (χ3v) is 3.92. The average molecular weight is 261 g/mol. The number of fused-ring (bicyclic) bond motifs is 1. The minimum Gasteiger partial charge on any atom is -0.385 e. The van der Waals surface area contributed by atoms with Crippen molar-refractivity contribution < 1.29 is 4.74 Å². The van der Waals surface area contributed by atoms with Crippen molar-refractivity contribution in [2.75, 3.05) is 25.6 Å². The summed E-state index contributed by atoms with van der Waals surface area (Å²) in [5, 5.41) is 11.7. The van der Waals surface area contributed by atoms with Gasteiger partial charge in [0.2, 0.25) is 5.65 Å². The molecule has 0 amide bonds. The van der Waals surface area contributed by atoms with Crippen molar-refractivity contribution >= 4 is 11.5 Å². The molecule has 1 aliphatic rings. The first-order chi connectivity index (χ1) is 9.24. The van der Waals surface area contributed by atoms with Gasteiger partial charge in [0.15, 0.2) is 5.82 Å². The van der Waals surface area contributed by atoms with Gasteiger partial charge in [-0.3, -0.25) is 4.40 Å². The van der Waals surface area contributed by atoms with Crippen LogP contribution in [-0.2, 0) is 4.74 Å². The molecule has 0 aromatic carbocycles. The molecule has 1 fully saturated rings. The van der Waals surface area contributed by atoms with Crippen LogP contribution in [0.5, 0.6) is 0 Å². The first-order valence-corrected chi connectivity index (χ1v) is 6.63. The van der Waals surface area contributed by atoms with Crippen LogP contribution in [0.2, 0.25) is 0 Å². The molecular weight excluding hydrogens is 242 g/mol. The fraction of sp³-hybridized carbons (Fsp3) is 0.615. The Bertz CT molecular complexity index is 575. The summed E-state index contributed by atoms with van der Waals surface area (Å²) >= 11 is 0. The van der Waals surface area contributed by atoms with Gasteiger partial charge < -0.3 is 10.1 Å². The van der Waals surface area contributed by atoms with Gasteiger partial charge >= 0.3 is 0 Å². The summed E-state index contributed by atoms with van der Waals surface area (Å²) in [6, 6.07) is 0. The fourth-order valence-electron chi connectivity index (χ4n) is 2.35. The molecule has 0 unspecified atom stereocenters. The molecule has 1 N–H and O–H groups in total. The molecule has 0 spiro atoms. The lowest BCUT2D eigenvalue weighted by molar-refractivity contribution is 0.175. The van der Waals surface area contributed by atoms with Crippen LogP contribution in [0.25, 0.3) is 5.65 Å². The van der Waals surface area contributed by atoms with Crippen molar-refractivity contribution in [1.82, 2.24) is 19.6 Å². The Hall–Kier alpha value is -1.69. The number of aromatic nitrogens is 4. The quantitative estimate of drug-likeness (QED) is 0.856. The second kappa shape index (κ2) is 4.77. The second-order valence-electron chi connectivity index (χ2n) is 5.31. The highest BCUT2D eigenvalue weighted by Gasteiger charge is 2.41. The van der Waals surface area contributed by atoms with E-state index in [1.165, 1.54) is 12.8 Å². The number of rotatable bonds is 6. The van der Waals surface area contributed by atoms with Gasteiger partial charge in [0.05, 0.1) is 0 Å². The zero-order valence-corrected chi connectivity index (χ0v) is 11.4. The Morgan fingerprint density at radius 3 is 3.00 bits per heavy atom. The average Bonchev–Trinajstić information content (AvgIpc) is 3.11. The third-order valence-electron chi connectivity index (χ3n) is 3.92. The van der Waals surface area contributed by atoms with E-state index < -0.39 is 0 Å². The van der Waals surface area contributed by atoms with Crippen molar-refractivity contribution in [2.24, 2.45) is 5.41 Å². The number of methoxy groups -OCH3 is 1. The topological polar surface area (TPSA) is 64.3 Å². The first kappa shape index (κ1) is 12.3. The SMILES string of the molecule is COCCC1(CNc2nccn3c(C)nnc23)CC1. The number of nitrogens with one attached hydrogen (secondary N) is 1. The molecule has 3 rings (SSSR count). The summed E-state index contributed by atoms with van der Waals surface area (Å²) < 4.78 is 7.12. The van der Waals surface area contributed by atoms with Gasteiger partial charge in [0, 0.05) is 32.7 Å². The summed E-state index contributed by atoms with van der Waals surface area (Å²) in [5.41, 5.74) is 1.18. The number of hydrogen-bond donors (Lipinski definition) is 1. The van der Waals surface area contributed by atoms with Crippen molar-refractivity contribution in [3.63, 3.8) is 0 Å². The zero-order valence-electron chi connectivity index (χ0n) is 11.4. The summed E-state index contributed by atoms with van der Waals surface area (Å²) in [4.78, 5) is 4.37. The van der Waals surface area contributed by atoms with Crippen LogP contribution >= 0.6 is 0 Å². The Morgan fingerprint density at radius 1 is 1.42 bits per heavy atom. The molecule has 6 nitrogen and oxygen atoms in total. The summed E-state index contributed by atoms with van der Waals surface area (Å²) in [6.45, 7) is 3.68. The molecule has 0 atom stereocenters. The predicted octanol–water partition coefficient (Wildman–Crippen LogP) is 1.66. The second-order valence-corrected chi connectivity index (χ2v) is 5.31. The minimum atomic E-state index is 0.388. The maximum Gasteiger partial charge on any atom is 0.203 e. The molecule has 2 heterocycles. The number of nitrogens with zero attached hydrogens (tertiary/aromatic N) is 4. The van der Waals surface area contributed by atoms with Gasteiger partial charge in [0.1, 0.15) is 5.82 Å². The maximum atomic E-state index is 5.17. The van der Waals surface area contributed by atoms with E-state index in [0.717, 1.165) is 36.9 Å². The van der Waals surface area contributed by atoms with Crippen LogP contribution in [0.3, 0.4) is 0 Å². The number of hydrogen-bond acceptors (Lipinski definition) is 5. The van der Waals surface area contributed by atoms with Gasteiger partial charge in [-0.25, -0.2) is 4.98 Å². The van der Waals surface area contributed by atoms with Gasteiger partial charge in [-0.1, -0.05) is 0 Å². The molecule has 0 aliphatic heterocycles. The van der Waals surface area contributed by atoms with Crippen LogP contribution < -0.4 is 5.32 Å². The standard InChI is InChI=1S/C13H19N5O/c1-10-16-17-12-11(14-6-7-18(10)12)15-9-13(3-4-13)5-8-19-2/h6-7H,3-5,8-9H2,1-2H3,(H,14,15). The molecule has 0 bridgehead atoms. The van der Waals surface area contributed by atoms with Crippen molar-refractivity contribution in [3.05, 3.63) is 18.2 Å². The molecule has 2 aromatic rings. The smallest absolute Gasteiger partial charge is 0.203 e. The molecule has 1 aliphatic carbocycles. The largest absolute Gasteiger partial charge is 0.385 e. The molecule has 19 heavy (non-hydrogen) atoms. The maximum absolute atomic E-state index is 5.17. The highest BCUT2D eigenvalue weighted by Crippen LogP contribution is 2.48. The van der Waals surface area contributed by atoms with Gasteiger partial charge in [-0.15, -0.1) is 10.2 Å². The highest BCUT2D eigenvalue weighted by atomic mass is 16.5. The van der Waals surface area contributed by atoms with E-state index >= 15 is 0 Å². The van der Waals surface area contributed by atoms with Crippen LogP contribution in [0.4, 0.5) is 5.82 Å². The number of anilines is 1. The van der Waals surface area contributed by atoms with Gasteiger partial charge in [-0.05, 0) is 31.6 Å². The van der Waals surface area contributed by atoms with E-state index in [1.54, 1.807) is 13.3 Å². The molecular formula is C13H19N5O. The molecule has 0 saturated heterocycles. The normalized spacial score (nSPS) is 16.7. The van der Waals surface area contributed by atoms with E-state index in [2.05, 4.69) is 20.5 Å². The minimum absolute atomic E-state index is 0.388. The molecule has 0 radical (unpaired) electrons. The van der Waals surface area contributed by atoms with Crippen LogP contribution in [0.15, 0.2) is 12.4 Å². The van der Waals surface area contributed by atoms with Crippen LogP contribution in [0.1, 0.15) is 25.1 Å². The monoisotopic (exact) mass is 261 g/mol. The predicted molar refractivity (Wildman–Crippen MR) is 72.2 cm³/mol. The third kappa shape index (κ3) is 2.40. The van der Waals surface area contributed by atoms with E-state index in [9.17, 15) is 0 Å². The molecule has 1 saturated carbocycles. The van der Waals surface area contributed by atoms with Gasteiger partial charge in [-0.2, -0.15) is 0 Å². The van der Waals surface area contributed by atoms with E-state index in [4.69, 9.17) is 4.74 Å². The first-order valence-electron chi connectivity index (χ1n) is 6.63. The van der Waals surface area contributed by atoms with E-state index in [1.807, 2.05) is 17.5 Å². The summed E-state index contributed by atoms with van der Waals surface area (Å²) in [7, 11) is 1.75. The van der Waals surface area contributed by atoms with Gasteiger partial charge in [0.25, 0.3) is 0 Å². The number of aryl methyl sites for hydroxylation is 1. The van der Waals surface area contributed by atoms with Crippen molar-refractivity contribution in [3.8, 4) is 0 Å². The zero-order chi connectivity index (χ0) is 13.3.